The summed E-state index contributed by atoms with van der Waals surface area (Å²) in [6.45, 7) is 9.11. The fourth-order valence-electron chi connectivity index (χ4n) is 1.77. The van der Waals surface area contributed by atoms with Gasteiger partial charge in [-0.25, -0.2) is 4.39 Å². The third-order valence-corrected chi connectivity index (χ3v) is 2.61. The van der Waals surface area contributed by atoms with Crippen LogP contribution in [0.4, 0.5) is 4.39 Å². The van der Waals surface area contributed by atoms with E-state index in [4.69, 9.17) is 0 Å². The Hall–Kier alpha value is -1.38. The molecule has 0 N–H and O–H groups in total. The van der Waals surface area contributed by atoms with Crippen molar-refractivity contribution in [1.82, 2.24) is 4.90 Å². The number of amides is 1. The average Bonchev–Trinajstić information content (AvgIpc) is 2.28. The van der Waals surface area contributed by atoms with Crippen LogP contribution in [-0.2, 0) is 0 Å². The number of nitrogens with zero attached hydrogens (tertiary/aromatic N) is 1. The molecular formula is C14H20FNO. The zero-order chi connectivity index (χ0) is 13.0. The molecule has 0 aliphatic carbocycles. The van der Waals surface area contributed by atoms with Crippen LogP contribution in [0.1, 0.15) is 36.7 Å². The monoisotopic (exact) mass is 237 g/mol. The number of benzene rings is 1. The molecule has 0 heterocycles. The maximum absolute atomic E-state index is 13.6. The highest BCUT2D eigenvalue weighted by molar-refractivity contribution is 5.94. The number of hydrogen-bond acceptors (Lipinski definition) is 1. The Morgan fingerprint density at radius 1 is 1.41 bits per heavy atom. The Labute approximate surface area is 102 Å². The second-order valence-corrected chi connectivity index (χ2v) is 4.72. The lowest BCUT2D eigenvalue weighted by molar-refractivity contribution is 0.0741. The molecule has 1 aromatic rings. The SMILES string of the molecule is CCN(CC(C)C)C(=O)c1cc(C)ccc1F. The maximum Gasteiger partial charge on any atom is 0.256 e. The summed E-state index contributed by atoms with van der Waals surface area (Å²) >= 11 is 0. The van der Waals surface area contributed by atoms with Crippen LogP contribution in [0.15, 0.2) is 18.2 Å². The fraction of sp³-hybridized carbons (Fsp3) is 0.500. The van der Waals surface area contributed by atoms with E-state index in [1.807, 2.05) is 27.7 Å². The van der Waals surface area contributed by atoms with Gasteiger partial charge in [0.05, 0.1) is 5.56 Å². The summed E-state index contributed by atoms with van der Waals surface area (Å²) in [4.78, 5) is 13.9. The summed E-state index contributed by atoms with van der Waals surface area (Å²) in [6.07, 6.45) is 0. The number of hydrogen-bond donors (Lipinski definition) is 0. The van der Waals surface area contributed by atoms with E-state index >= 15 is 0 Å². The summed E-state index contributed by atoms with van der Waals surface area (Å²) in [5, 5.41) is 0. The van der Waals surface area contributed by atoms with Crippen molar-refractivity contribution in [3.63, 3.8) is 0 Å². The molecule has 1 amide bonds. The topological polar surface area (TPSA) is 20.3 Å². The fourth-order valence-corrected chi connectivity index (χ4v) is 1.77. The average molecular weight is 237 g/mol. The number of halogens is 1. The quantitative estimate of drug-likeness (QED) is 0.787. The highest BCUT2D eigenvalue weighted by Crippen LogP contribution is 2.13. The number of carbonyl (C=O) groups is 1. The zero-order valence-corrected chi connectivity index (χ0v) is 11.0. The van der Waals surface area contributed by atoms with Crippen molar-refractivity contribution in [3.8, 4) is 0 Å². The van der Waals surface area contributed by atoms with Crippen molar-refractivity contribution < 1.29 is 9.18 Å². The summed E-state index contributed by atoms with van der Waals surface area (Å²) in [5.41, 5.74) is 1.07. The van der Waals surface area contributed by atoms with Gasteiger partial charge in [0, 0.05) is 13.1 Å². The molecule has 0 aliphatic heterocycles. The van der Waals surface area contributed by atoms with E-state index in [-0.39, 0.29) is 11.5 Å². The van der Waals surface area contributed by atoms with Gasteiger partial charge in [0.2, 0.25) is 0 Å². The van der Waals surface area contributed by atoms with E-state index in [1.54, 1.807) is 17.0 Å². The lowest BCUT2D eigenvalue weighted by atomic mass is 10.1. The van der Waals surface area contributed by atoms with Crippen molar-refractivity contribution in [3.05, 3.63) is 35.1 Å². The van der Waals surface area contributed by atoms with Crippen LogP contribution in [0.2, 0.25) is 0 Å². The largest absolute Gasteiger partial charge is 0.339 e. The first-order chi connectivity index (χ1) is 7.95. The smallest absolute Gasteiger partial charge is 0.256 e. The molecule has 1 rings (SSSR count). The molecular weight excluding hydrogens is 217 g/mol. The first kappa shape index (κ1) is 13.7. The van der Waals surface area contributed by atoms with Crippen LogP contribution >= 0.6 is 0 Å². The van der Waals surface area contributed by atoms with Crippen LogP contribution in [0.5, 0.6) is 0 Å². The molecule has 94 valence electrons. The molecule has 2 nitrogen and oxygen atoms in total. The van der Waals surface area contributed by atoms with Gasteiger partial charge >= 0.3 is 0 Å². The second kappa shape index (κ2) is 5.80. The van der Waals surface area contributed by atoms with Gasteiger partial charge in [0.1, 0.15) is 5.82 Å². The van der Waals surface area contributed by atoms with Crippen molar-refractivity contribution in [2.45, 2.75) is 27.7 Å². The molecule has 0 bridgehead atoms. The Balaban J connectivity index is 2.97. The van der Waals surface area contributed by atoms with E-state index in [2.05, 4.69) is 0 Å². The van der Waals surface area contributed by atoms with Crippen LogP contribution in [0.25, 0.3) is 0 Å². The lowest BCUT2D eigenvalue weighted by Crippen LogP contribution is -2.34. The molecule has 17 heavy (non-hydrogen) atoms. The van der Waals surface area contributed by atoms with Crippen molar-refractivity contribution in [1.29, 1.82) is 0 Å². The summed E-state index contributed by atoms with van der Waals surface area (Å²) < 4.78 is 13.6. The maximum atomic E-state index is 13.6. The Morgan fingerprint density at radius 3 is 2.59 bits per heavy atom. The van der Waals surface area contributed by atoms with E-state index < -0.39 is 5.82 Å². The molecule has 0 spiro atoms. The van der Waals surface area contributed by atoms with E-state index in [0.717, 1.165) is 5.56 Å². The predicted molar refractivity (Wildman–Crippen MR) is 67.6 cm³/mol. The Morgan fingerprint density at radius 2 is 2.06 bits per heavy atom. The first-order valence-electron chi connectivity index (χ1n) is 6.01. The van der Waals surface area contributed by atoms with Gasteiger partial charge in [0.25, 0.3) is 5.91 Å². The van der Waals surface area contributed by atoms with Crippen LogP contribution in [-0.4, -0.2) is 23.9 Å². The van der Waals surface area contributed by atoms with E-state index in [9.17, 15) is 9.18 Å². The van der Waals surface area contributed by atoms with Gasteiger partial charge in [-0.15, -0.1) is 0 Å². The van der Waals surface area contributed by atoms with Gasteiger partial charge in [-0.2, -0.15) is 0 Å². The summed E-state index contributed by atoms with van der Waals surface area (Å²) in [6, 6.07) is 4.64. The molecule has 0 radical (unpaired) electrons. The highest BCUT2D eigenvalue weighted by Gasteiger charge is 2.18. The minimum atomic E-state index is -0.442. The first-order valence-corrected chi connectivity index (χ1v) is 6.01. The highest BCUT2D eigenvalue weighted by atomic mass is 19.1. The number of carbonyl (C=O) groups excluding carboxylic acids is 1. The minimum Gasteiger partial charge on any atom is -0.339 e. The standard InChI is InChI=1S/C14H20FNO/c1-5-16(9-10(2)3)14(17)12-8-11(4)6-7-13(12)15/h6-8,10H,5,9H2,1-4H3. The molecule has 0 saturated carbocycles. The van der Waals surface area contributed by atoms with Crippen molar-refractivity contribution >= 4 is 5.91 Å². The minimum absolute atomic E-state index is 0.174. The van der Waals surface area contributed by atoms with Crippen molar-refractivity contribution in [2.75, 3.05) is 13.1 Å². The van der Waals surface area contributed by atoms with Gasteiger partial charge in [-0.05, 0) is 31.9 Å². The van der Waals surface area contributed by atoms with Gasteiger partial charge in [-0.3, -0.25) is 4.79 Å². The molecule has 0 aromatic heterocycles. The molecule has 0 saturated heterocycles. The molecule has 1 aromatic carbocycles. The molecule has 0 aliphatic rings. The van der Waals surface area contributed by atoms with Crippen LogP contribution in [0, 0.1) is 18.7 Å². The summed E-state index contributed by atoms with van der Waals surface area (Å²) in [7, 11) is 0. The zero-order valence-electron chi connectivity index (χ0n) is 11.0. The normalized spacial score (nSPS) is 10.7. The summed E-state index contributed by atoms with van der Waals surface area (Å²) in [5.74, 6) is -0.281. The third kappa shape index (κ3) is 3.55. The predicted octanol–water partition coefficient (Wildman–Crippen LogP) is 3.25. The third-order valence-electron chi connectivity index (χ3n) is 2.61. The van der Waals surface area contributed by atoms with E-state index in [0.29, 0.717) is 19.0 Å². The molecule has 0 unspecified atom stereocenters. The van der Waals surface area contributed by atoms with Crippen molar-refractivity contribution in [2.24, 2.45) is 5.92 Å². The Kier molecular flexibility index (Phi) is 4.67. The van der Waals surface area contributed by atoms with Crippen LogP contribution < -0.4 is 0 Å². The van der Waals surface area contributed by atoms with Crippen LogP contribution in [0.3, 0.4) is 0 Å². The lowest BCUT2D eigenvalue weighted by Gasteiger charge is -2.23. The Bertz CT molecular complexity index is 401. The second-order valence-electron chi connectivity index (χ2n) is 4.72. The molecule has 3 heteroatoms. The van der Waals surface area contributed by atoms with Gasteiger partial charge < -0.3 is 4.90 Å². The van der Waals surface area contributed by atoms with Gasteiger partial charge in [-0.1, -0.05) is 25.5 Å². The molecule has 0 atom stereocenters. The number of rotatable bonds is 4. The van der Waals surface area contributed by atoms with Gasteiger partial charge in [0.15, 0.2) is 0 Å². The molecule has 0 fully saturated rings. The van der Waals surface area contributed by atoms with E-state index in [1.165, 1.54) is 6.07 Å². The number of aryl methyl sites for hydroxylation is 1.